The summed E-state index contributed by atoms with van der Waals surface area (Å²) in [5.41, 5.74) is -1.03. The van der Waals surface area contributed by atoms with Gasteiger partial charge in [0.15, 0.2) is 5.69 Å². The minimum absolute atomic E-state index is 0.0684. The highest BCUT2D eigenvalue weighted by molar-refractivity contribution is 5.92. The maximum absolute atomic E-state index is 13.1. The predicted octanol–water partition coefficient (Wildman–Crippen LogP) is 4.07. The van der Waals surface area contributed by atoms with Crippen LogP contribution in [0.4, 0.5) is 13.2 Å². The summed E-state index contributed by atoms with van der Waals surface area (Å²) >= 11 is 0. The number of halogens is 3. The molecule has 0 saturated carbocycles. The maximum atomic E-state index is 13.1. The summed E-state index contributed by atoms with van der Waals surface area (Å²) in [6, 6.07) is 10.1. The normalized spacial score (nSPS) is 12.2. The van der Waals surface area contributed by atoms with Gasteiger partial charge >= 0.3 is 6.18 Å². The molecule has 0 bridgehead atoms. The lowest BCUT2D eigenvalue weighted by Gasteiger charge is -2.18. The molecule has 1 unspecified atom stereocenters. The van der Waals surface area contributed by atoms with Crippen LogP contribution < -0.4 is 20.2 Å². The first-order chi connectivity index (χ1) is 15.5. The number of rotatable bonds is 6. The van der Waals surface area contributed by atoms with E-state index in [0.29, 0.717) is 17.1 Å². The molecular formula is C23H22F3N3O4. The first-order valence-corrected chi connectivity index (χ1v) is 9.86. The van der Waals surface area contributed by atoms with Crippen LogP contribution in [0.15, 0.2) is 53.3 Å². The van der Waals surface area contributed by atoms with Gasteiger partial charge in [0, 0.05) is 17.3 Å². The third-order valence-electron chi connectivity index (χ3n) is 4.99. The van der Waals surface area contributed by atoms with E-state index in [1.807, 2.05) is 0 Å². The van der Waals surface area contributed by atoms with Crippen LogP contribution >= 0.6 is 0 Å². The topological polar surface area (TPSA) is 82.4 Å². The summed E-state index contributed by atoms with van der Waals surface area (Å²) in [4.78, 5) is 25.4. The van der Waals surface area contributed by atoms with Crippen LogP contribution in [0.25, 0.3) is 5.69 Å². The zero-order valence-electron chi connectivity index (χ0n) is 18.4. The van der Waals surface area contributed by atoms with Crippen molar-refractivity contribution < 1.29 is 27.4 Å². The van der Waals surface area contributed by atoms with Gasteiger partial charge in [0.05, 0.1) is 31.5 Å². The number of nitrogens with zero attached hydrogens (tertiary/aromatic N) is 2. The predicted molar refractivity (Wildman–Crippen MR) is 115 cm³/mol. The van der Waals surface area contributed by atoms with Crippen molar-refractivity contribution in [1.29, 1.82) is 0 Å². The summed E-state index contributed by atoms with van der Waals surface area (Å²) in [5.74, 6) is 0.271. The highest BCUT2D eigenvalue weighted by Crippen LogP contribution is 2.31. The molecule has 1 aromatic heterocycles. The lowest BCUT2D eigenvalue weighted by Crippen LogP contribution is -2.33. The Morgan fingerprint density at radius 1 is 1.09 bits per heavy atom. The van der Waals surface area contributed by atoms with E-state index in [1.54, 1.807) is 25.1 Å². The number of alkyl halides is 3. The molecule has 1 N–H and O–H groups in total. The fraction of sp³-hybridized carbons (Fsp3) is 0.261. The molecule has 0 aliphatic rings. The second-order valence-corrected chi connectivity index (χ2v) is 7.26. The molecule has 174 valence electrons. The third kappa shape index (κ3) is 5.16. The standard InChI is InChI=1S/C23H22F3N3O4/c1-13-10-19(30)21(28-29(13)16-7-5-6-15(11-16)23(24,25)26)22(31)27-14(2)18-12-17(32-3)8-9-20(18)33-4/h5-12,14H,1-4H3,(H,27,31). The lowest BCUT2D eigenvalue weighted by molar-refractivity contribution is -0.137. The van der Waals surface area contributed by atoms with Crippen LogP contribution in [-0.2, 0) is 6.18 Å². The first kappa shape index (κ1) is 23.8. The molecular weight excluding hydrogens is 439 g/mol. The fourth-order valence-electron chi connectivity index (χ4n) is 3.30. The largest absolute Gasteiger partial charge is 0.497 e. The van der Waals surface area contributed by atoms with Gasteiger partial charge in [-0.3, -0.25) is 9.59 Å². The minimum atomic E-state index is -4.55. The van der Waals surface area contributed by atoms with E-state index in [4.69, 9.17) is 9.47 Å². The van der Waals surface area contributed by atoms with Gasteiger partial charge in [0.2, 0.25) is 5.43 Å². The number of benzene rings is 2. The van der Waals surface area contributed by atoms with E-state index in [-0.39, 0.29) is 11.4 Å². The van der Waals surface area contributed by atoms with Crippen LogP contribution in [0.3, 0.4) is 0 Å². The fourth-order valence-corrected chi connectivity index (χ4v) is 3.30. The van der Waals surface area contributed by atoms with Crippen LogP contribution in [-0.4, -0.2) is 29.9 Å². The number of hydrogen-bond donors (Lipinski definition) is 1. The second-order valence-electron chi connectivity index (χ2n) is 7.26. The Morgan fingerprint density at radius 2 is 1.82 bits per heavy atom. The Hall–Kier alpha value is -3.82. The van der Waals surface area contributed by atoms with E-state index in [2.05, 4.69) is 10.4 Å². The number of nitrogens with one attached hydrogen (secondary N) is 1. The Morgan fingerprint density at radius 3 is 2.45 bits per heavy atom. The van der Waals surface area contributed by atoms with E-state index < -0.39 is 34.8 Å². The van der Waals surface area contributed by atoms with Gasteiger partial charge in [-0.15, -0.1) is 0 Å². The maximum Gasteiger partial charge on any atom is 0.416 e. The van der Waals surface area contributed by atoms with E-state index >= 15 is 0 Å². The van der Waals surface area contributed by atoms with Gasteiger partial charge < -0.3 is 14.8 Å². The summed E-state index contributed by atoms with van der Waals surface area (Å²) in [7, 11) is 2.98. The molecule has 0 aliphatic heterocycles. The highest BCUT2D eigenvalue weighted by Gasteiger charge is 2.30. The molecule has 10 heteroatoms. The molecule has 1 amide bonds. The molecule has 33 heavy (non-hydrogen) atoms. The average Bonchev–Trinajstić information content (AvgIpc) is 2.78. The zero-order valence-corrected chi connectivity index (χ0v) is 18.4. The van der Waals surface area contributed by atoms with Crippen LogP contribution in [0.1, 0.15) is 40.3 Å². The molecule has 0 saturated heterocycles. The molecule has 3 rings (SSSR count). The van der Waals surface area contributed by atoms with E-state index in [9.17, 15) is 22.8 Å². The Kier molecular flexibility index (Phi) is 6.75. The van der Waals surface area contributed by atoms with Gasteiger partial charge in [0.25, 0.3) is 5.91 Å². The molecule has 0 aliphatic carbocycles. The number of aromatic nitrogens is 2. The van der Waals surface area contributed by atoms with Crippen molar-refractivity contribution in [3.05, 3.63) is 81.3 Å². The number of aryl methyl sites for hydroxylation is 1. The first-order valence-electron chi connectivity index (χ1n) is 9.86. The SMILES string of the molecule is COc1ccc(OC)c(C(C)NC(=O)c2nn(-c3cccc(C(F)(F)F)c3)c(C)cc2=O)c1. The van der Waals surface area contributed by atoms with Crippen LogP contribution in [0.5, 0.6) is 11.5 Å². The monoisotopic (exact) mass is 461 g/mol. The van der Waals surface area contributed by atoms with Gasteiger partial charge in [-0.05, 0) is 50.2 Å². The molecule has 3 aromatic rings. The van der Waals surface area contributed by atoms with Crippen molar-refractivity contribution in [2.75, 3.05) is 14.2 Å². The Bertz CT molecular complexity index is 1240. The zero-order chi connectivity index (χ0) is 24.3. The van der Waals surface area contributed by atoms with E-state index in [1.165, 1.54) is 33.3 Å². The van der Waals surface area contributed by atoms with Gasteiger partial charge in [-0.25, -0.2) is 4.68 Å². The smallest absolute Gasteiger partial charge is 0.416 e. The Labute approximate surface area is 187 Å². The van der Waals surface area contributed by atoms with E-state index in [0.717, 1.165) is 22.9 Å². The minimum Gasteiger partial charge on any atom is -0.497 e. The summed E-state index contributed by atoms with van der Waals surface area (Å²) in [6.45, 7) is 3.20. The Balaban J connectivity index is 1.96. The number of hydrogen-bond acceptors (Lipinski definition) is 5. The van der Waals surface area contributed by atoms with Gasteiger partial charge in [-0.1, -0.05) is 6.07 Å². The summed E-state index contributed by atoms with van der Waals surface area (Å²) in [6.07, 6.45) is -4.55. The molecule has 7 nitrogen and oxygen atoms in total. The van der Waals surface area contributed by atoms with Crippen LogP contribution in [0.2, 0.25) is 0 Å². The van der Waals surface area contributed by atoms with Crippen molar-refractivity contribution in [3.63, 3.8) is 0 Å². The van der Waals surface area contributed by atoms with Crippen molar-refractivity contribution >= 4 is 5.91 Å². The average molecular weight is 461 g/mol. The van der Waals surface area contributed by atoms with Gasteiger partial charge in [-0.2, -0.15) is 18.3 Å². The summed E-state index contributed by atoms with van der Waals surface area (Å²) in [5, 5.41) is 6.74. The molecule has 2 aromatic carbocycles. The van der Waals surface area contributed by atoms with Crippen molar-refractivity contribution in [2.45, 2.75) is 26.1 Å². The highest BCUT2D eigenvalue weighted by atomic mass is 19.4. The van der Waals surface area contributed by atoms with Crippen LogP contribution in [0, 0.1) is 6.92 Å². The molecule has 0 fully saturated rings. The number of carbonyl (C=O) groups is 1. The summed E-state index contributed by atoms with van der Waals surface area (Å²) < 4.78 is 51.0. The third-order valence-corrected chi connectivity index (χ3v) is 4.99. The van der Waals surface area contributed by atoms with Gasteiger partial charge in [0.1, 0.15) is 11.5 Å². The molecule has 0 radical (unpaired) electrons. The quantitative estimate of drug-likeness (QED) is 0.599. The van der Waals surface area contributed by atoms with Crippen molar-refractivity contribution in [2.24, 2.45) is 0 Å². The molecule has 1 atom stereocenters. The number of ether oxygens (including phenoxy) is 2. The molecule has 0 spiro atoms. The second kappa shape index (κ2) is 9.35. The number of methoxy groups -OCH3 is 2. The number of amides is 1. The number of carbonyl (C=O) groups excluding carboxylic acids is 1. The lowest BCUT2D eigenvalue weighted by atomic mass is 10.1. The van der Waals surface area contributed by atoms with Crippen molar-refractivity contribution in [1.82, 2.24) is 15.1 Å². The van der Waals surface area contributed by atoms with Crippen molar-refractivity contribution in [3.8, 4) is 17.2 Å². The molecule has 1 heterocycles.